The molecular formula is C26H16Cl2N4O3S. The van der Waals surface area contributed by atoms with E-state index < -0.39 is 11.8 Å². The molecule has 0 unspecified atom stereocenters. The fraction of sp³-hybridized carbons (Fsp3) is 0. The maximum atomic E-state index is 13.0. The molecule has 7 nitrogen and oxygen atoms in total. The lowest BCUT2D eigenvalue weighted by atomic mass is 10.2. The first-order chi connectivity index (χ1) is 17.4. The van der Waals surface area contributed by atoms with Crippen molar-refractivity contribution in [2.45, 2.75) is 0 Å². The Morgan fingerprint density at radius 3 is 2.44 bits per heavy atom. The minimum atomic E-state index is -0.668. The molecule has 10 heteroatoms. The third-order valence-corrected chi connectivity index (χ3v) is 6.63. The fourth-order valence-corrected chi connectivity index (χ4v) is 4.70. The Kier molecular flexibility index (Phi) is 6.56. The highest BCUT2D eigenvalue weighted by atomic mass is 35.5. The molecule has 0 spiro atoms. The summed E-state index contributed by atoms with van der Waals surface area (Å²) in [5, 5.41) is 8.11. The Bertz CT molecular complexity index is 1530. The van der Waals surface area contributed by atoms with E-state index in [1.54, 1.807) is 42.5 Å². The lowest BCUT2D eigenvalue weighted by molar-refractivity contribution is -0.120. The van der Waals surface area contributed by atoms with Gasteiger partial charge in [-0.3, -0.25) is 19.7 Å². The minimum Gasteiger partial charge on any atom is -0.350 e. The number of nitrogens with one attached hydrogen (secondary N) is 2. The van der Waals surface area contributed by atoms with Gasteiger partial charge in [0.05, 0.1) is 11.4 Å². The maximum absolute atomic E-state index is 13.0. The molecule has 1 aliphatic heterocycles. The van der Waals surface area contributed by atoms with Crippen LogP contribution < -0.4 is 15.5 Å². The van der Waals surface area contributed by atoms with Crippen LogP contribution >= 0.6 is 34.5 Å². The first-order valence-corrected chi connectivity index (χ1v) is 12.3. The molecule has 4 aromatic rings. The summed E-state index contributed by atoms with van der Waals surface area (Å²) in [5.74, 6) is -1.67. The summed E-state index contributed by atoms with van der Waals surface area (Å²) in [6, 6.07) is 22.5. The van der Waals surface area contributed by atoms with Gasteiger partial charge in [-0.25, -0.2) is 9.88 Å². The Morgan fingerprint density at radius 1 is 0.889 bits per heavy atom. The van der Waals surface area contributed by atoms with Crippen molar-refractivity contribution in [2.24, 2.45) is 0 Å². The normalized spacial score (nSPS) is 13.3. The molecule has 0 bridgehead atoms. The van der Waals surface area contributed by atoms with Crippen LogP contribution in [0.4, 0.5) is 16.5 Å². The van der Waals surface area contributed by atoms with Crippen LogP contribution in [0.2, 0.25) is 5.02 Å². The lowest BCUT2D eigenvalue weighted by Crippen LogP contribution is -2.32. The van der Waals surface area contributed by atoms with E-state index in [4.69, 9.17) is 23.2 Å². The highest BCUT2D eigenvalue weighted by Crippen LogP contribution is 2.31. The molecule has 1 aromatic heterocycles. The summed E-state index contributed by atoms with van der Waals surface area (Å²) in [6.45, 7) is 0. The summed E-state index contributed by atoms with van der Waals surface area (Å²) in [5.41, 5.74) is 2.67. The molecule has 3 aromatic carbocycles. The van der Waals surface area contributed by atoms with Crippen LogP contribution in [0.25, 0.3) is 11.3 Å². The van der Waals surface area contributed by atoms with Crippen LogP contribution in [0.5, 0.6) is 0 Å². The fourth-order valence-electron chi connectivity index (χ4n) is 3.59. The summed E-state index contributed by atoms with van der Waals surface area (Å²) in [6.07, 6.45) is 0. The van der Waals surface area contributed by atoms with Crippen LogP contribution in [-0.4, -0.2) is 22.7 Å². The standard InChI is InChI=1S/C26H16Cl2N4O3S/c27-17-9-5-11-19(13-17)32-24(34)21(28)22(25(32)35)29-18-10-4-8-16(12-18)23(33)31-26-30-20(14-36-26)15-6-2-1-3-7-15/h1-14,29H,(H,30,31,33). The van der Waals surface area contributed by atoms with Crippen molar-refractivity contribution in [3.63, 3.8) is 0 Å². The molecule has 0 saturated heterocycles. The SMILES string of the molecule is O=C(Nc1nc(-c2ccccc2)cs1)c1cccc(NC2=C(Cl)C(=O)N(c3cccc(Cl)c3)C2=O)c1. The predicted molar refractivity (Wildman–Crippen MR) is 142 cm³/mol. The van der Waals surface area contributed by atoms with Crippen LogP contribution in [-0.2, 0) is 9.59 Å². The first-order valence-electron chi connectivity index (χ1n) is 10.6. The average molecular weight is 535 g/mol. The van der Waals surface area contributed by atoms with Gasteiger partial charge in [0.1, 0.15) is 10.7 Å². The third kappa shape index (κ3) is 4.74. The average Bonchev–Trinajstić information content (AvgIpc) is 3.43. The van der Waals surface area contributed by atoms with Gasteiger partial charge in [0, 0.05) is 27.2 Å². The number of carbonyl (C=O) groups excluding carboxylic acids is 3. The summed E-state index contributed by atoms with van der Waals surface area (Å²) < 4.78 is 0. The number of halogens is 2. The largest absolute Gasteiger partial charge is 0.350 e. The van der Waals surface area contributed by atoms with Crippen molar-refractivity contribution in [2.75, 3.05) is 15.5 Å². The number of thiazole rings is 1. The zero-order valence-corrected chi connectivity index (χ0v) is 20.7. The Balaban J connectivity index is 1.32. The molecule has 0 radical (unpaired) electrons. The molecule has 0 aliphatic carbocycles. The maximum Gasteiger partial charge on any atom is 0.283 e. The summed E-state index contributed by atoms with van der Waals surface area (Å²) >= 11 is 13.5. The summed E-state index contributed by atoms with van der Waals surface area (Å²) in [7, 11) is 0. The Morgan fingerprint density at radius 2 is 1.67 bits per heavy atom. The predicted octanol–water partition coefficient (Wildman–Crippen LogP) is 6.15. The second-order valence-corrected chi connectivity index (χ2v) is 9.35. The van der Waals surface area contributed by atoms with Gasteiger partial charge in [0.25, 0.3) is 17.7 Å². The zero-order valence-electron chi connectivity index (χ0n) is 18.4. The van der Waals surface area contributed by atoms with Crippen molar-refractivity contribution in [3.05, 3.63) is 106 Å². The van der Waals surface area contributed by atoms with Crippen LogP contribution in [0, 0.1) is 0 Å². The van der Waals surface area contributed by atoms with Crippen molar-refractivity contribution in [1.29, 1.82) is 0 Å². The number of rotatable bonds is 6. The third-order valence-electron chi connectivity index (χ3n) is 5.28. The van der Waals surface area contributed by atoms with E-state index >= 15 is 0 Å². The van der Waals surface area contributed by atoms with E-state index in [-0.39, 0.29) is 16.6 Å². The molecular weight excluding hydrogens is 519 g/mol. The monoisotopic (exact) mass is 534 g/mol. The lowest BCUT2D eigenvalue weighted by Gasteiger charge is -2.15. The smallest absolute Gasteiger partial charge is 0.283 e. The molecule has 2 N–H and O–H groups in total. The minimum absolute atomic E-state index is 0.0911. The molecule has 0 fully saturated rings. The van der Waals surface area contributed by atoms with Gasteiger partial charge in [-0.2, -0.15) is 0 Å². The zero-order chi connectivity index (χ0) is 25.2. The van der Waals surface area contributed by atoms with Gasteiger partial charge in [0.15, 0.2) is 5.13 Å². The first kappa shape index (κ1) is 23.7. The van der Waals surface area contributed by atoms with E-state index in [1.807, 2.05) is 35.7 Å². The molecule has 3 amide bonds. The van der Waals surface area contributed by atoms with Crippen LogP contribution in [0.15, 0.2) is 95.0 Å². The molecule has 0 saturated carbocycles. The number of hydrogen-bond acceptors (Lipinski definition) is 6. The number of imide groups is 1. The van der Waals surface area contributed by atoms with E-state index in [0.717, 1.165) is 16.2 Å². The van der Waals surface area contributed by atoms with Crippen molar-refractivity contribution >= 4 is 68.8 Å². The van der Waals surface area contributed by atoms with Crippen molar-refractivity contribution in [1.82, 2.24) is 4.98 Å². The van der Waals surface area contributed by atoms with Crippen LogP contribution in [0.1, 0.15) is 10.4 Å². The second-order valence-electron chi connectivity index (χ2n) is 7.68. The number of hydrogen-bond donors (Lipinski definition) is 2. The number of aromatic nitrogens is 1. The van der Waals surface area contributed by atoms with E-state index in [1.165, 1.54) is 17.4 Å². The molecule has 1 aliphatic rings. The van der Waals surface area contributed by atoms with Gasteiger partial charge in [-0.15, -0.1) is 11.3 Å². The van der Waals surface area contributed by atoms with Gasteiger partial charge in [-0.1, -0.05) is 65.7 Å². The molecule has 36 heavy (non-hydrogen) atoms. The quantitative estimate of drug-likeness (QED) is 0.289. The van der Waals surface area contributed by atoms with E-state index in [0.29, 0.717) is 27.1 Å². The Labute approximate surface area is 220 Å². The van der Waals surface area contributed by atoms with Crippen molar-refractivity contribution < 1.29 is 14.4 Å². The molecule has 5 rings (SSSR count). The molecule has 0 atom stereocenters. The van der Waals surface area contributed by atoms with Gasteiger partial charge >= 0.3 is 0 Å². The van der Waals surface area contributed by atoms with Gasteiger partial charge < -0.3 is 5.32 Å². The van der Waals surface area contributed by atoms with E-state index in [2.05, 4.69) is 15.6 Å². The van der Waals surface area contributed by atoms with Crippen LogP contribution in [0.3, 0.4) is 0 Å². The number of benzene rings is 3. The number of carbonyl (C=O) groups is 3. The van der Waals surface area contributed by atoms with E-state index in [9.17, 15) is 14.4 Å². The highest BCUT2D eigenvalue weighted by Gasteiger charge is 2.39. The van der Waals surface area contributed by atoms with Gasteiger partial charge in [-0.05, 0) is 36.4 Å². The van der Waals surface area contributed by atoms with Gasteiger partial charge in [0.2, 0.25) is 0 Å². The topological polar surface area (TPSA) is 91.4 Å². The number of anilines is 3. The molecule has 178 valence electrons. The second kappa shape index (κ2) is 9.94. The number of amides is 3. The molecule has 2 heterocycles. The Hall–Kier alpha value is -3.98. The number of nitrogens with zero attached hydrogens (tertiary/aromatic N) is 2. The summed E-state index contributed by atoms with van der Waals surface area (Å²) in [4.78, 5) is 43.9. The van der Waals surface area contributed by atoms with Crippen molar-refractivity contribution in [3.8, 4) is 11.3 Å². The highest BCUT2D eigenvalue weighted by molar-refractivity contribution is 7.14.